The molecule has 3 aromatic rings. The Morgan fingerprint density at radius 3 is 2.50 bits per heavy atom. The van der Waals surface area contributed by atoms with Crippen LogP contribution in [-0.2, 0) is 4.79 Å². The number of methoxy groups -OCH3 is 1. The molecule has 3 nitrogen and oxygen atoms in total. The lowest BCUT2D eigenvalue weighted by Gasteiger charge is -2.17. The van der Waals surface area contributed by atoms with E-state index < -0.39 is 0 Å². The van der Waals surface area contributed by atoms with Crippen LogP contribution < -0.4 is 9.64 Å². The highest BCUT2D eigenvalue weighted by Gasteiger charge is 2.34. The number of carbonyl (C=O) groups excluding carboxylic acids is 1. The summed E-state index contributed by atoms with van der Waals surface area (Å²) in [4.78, 5) is 15.3. The Hall–Kier alpha value is -2.63. The van der Waals surface area contributed by atoms with Gasteiger partial charge in [0.25, 0.3) is 5.91 Å². The molecule has 1 aliphatic heterocycles. The lowest BCUT2D eigenvalue weighted by atomic mass is 10.1. The molecule has 1 amide bonds. The number of amides is 1. The van der Waals surface area contributed by atoms with Crippen LogP contribution in [0, 0.1) is 0 Å². The molecule has 0 unspecified atom stereocenters. The molecule has 0 aromatic heterocycles. The van der Waals surface area contributed by atoms with Crippen LogP contribution in [0.15, 0.2) is 71.6 Å². The Balaban J connectivity index is 1.72. The molecule has 0 atom stereocenters. The molecule has 0 saturated carbocycles. The van der Waals surface area contributed by atoms with E-state index in [2.05, 4.69) is 0 Å². The molecule has 26 heavy (non-hydrogen) atoms. The zero-order valence-corrected chi connectivity index (χ0v) is 15.6. The summed E-state index contributed by atoms with van der Waals surface area (Å²) in [5, 5.41) is 2.09. The summed E-state index contributed by atoms with van der Waals surface area (Å²) in [5.74, 6) is 0.692. The van der Waals surface area contributed by atoms with E-state index in [-0.39, 0.29) is 5.91 Å². The number of benzene rings is 3. The van der Waals surface area contributed by atoms with Crippen LogP contribution in [0.25, 0.3) is 16.8 Å². The van der Waals surface area contributed by atoms with Gasteiger partial charge in [0.1, 0.15) is 5.75 Å². The van der Waals surface area contributed by atoms with Gasteiger partial charge in [-0.05, 0) is 35.2 Å². The van der Waals surface area contributed by atoms with Crippen LogP contribution in [0.5, 0.6) is 5.75 Å². The second kappa shape index (κ2) is 6.94. The summed E-state index contributed by atoms with van der Waals surface area (Å²) in [5.41, 5.74) is 1.76. The quantitative estimate of drug-likeness (QED) is 0.460. The lowest BCUT2D eigenvalue weighted by molar-refractivity contribution is -0.113. The largest absolute Gasteiger partial charge is 0.497 e. The molecule has 5 heteroatoms. The second-order valence-corrected chi connectivity index (χ2v) is 7.46. The number of thiocarbonyl (C=S) groups is 1. The smallest absolute Gasteiger partial charge is 0.270 e. The first kappa shape index (κ1) is 16.8. The number of hydrogen-bond acceptors (Lipinski definition) is 4. The van der Waals surface area contributed by atoms with Crippen molar-refractivity contribution in [2.75, 3.05) is 12.0 Å². The van der Waals surface area contributed by atoms with Crippen LogP contribution in [0.3, 0.4) is 0 Å². The molecular formula is C21H15NO2S2. The van der Waals surface area contributed by atoms with Gasteiger partial charge in [-0.25, -0.2) is 0 Å². The Labute approximate surface area is 161 Å². The van der Waals surface area contributed by atoms with Crippen molar-refractivity contribution in [3.63, 3.8) is 0 Å². The van der Waals surface area contributed by atoms with Gasteiger partial charge in [-0.15, -0.1) is 0 Å². The first-order chi connectivity index (χ1) is 12.7. The van der Waals surface area contributed by atoms with Crippen molar-refractivity contribution in [1.82, 2.24) is 0 Å². The van der Waals surface area contributed by atoms with Crippen LogP contribution in [0.4, 0.5) is 5.69 Å². The van der Waals surface area contributed by atoms with Gasteiger partial charge in [-0.2, -0.15) is 0 Å². The molecular weight excluding hydrogens is 362 g/mol. The van der Waals surface area contributed by atoms with Crippen molar-refractivity contribution in [2.45, 2.75) is 0 Å². The topological polar surface area (TPSA) is 29.5 Å². The van der Waals surface area contributed by atoms with Crippen LogP contribution in [0.1, 0.15) is 5.56 Å². The zero-order valence-electron chi connectivity index (χ0n) is 14.0. The van der Waals surface area contributed by atoms with Crippen LogP contribution in [0.2, 0.25) is 0 Å². The highest BCUT2D eigenvalue weighted by atomic mass is 32.2. The third-order valence-corrected chi connectivity index (χ3v) is 5.52. The third kappa shape index (κ3) is 3.00. The van der Waals surface area contributed by atoms with Crippen molar-refractivity contribution in [1.29, 1.82) is 0 Å². The van der Waals surface area contributed by atoms with Gasteiger partial charge < -0.3 is 4.74 Å². The van der Waals surface area contributed by atoms with Gasteiger partial charge in [0, 0.05) is 5.39 Å². The summed E-state index contributed by atoms with van der Waals surface area (Å²) < 4.78 is 5.72. The number of fused-ring (bicyclic) bond motifs is 1. The van der Waals surface area contributed by atoms with E-state index in [1.807, 2.05) is 72.8 Å². The highest BCUT2D eigenvalue weighted by Crippen LogP contribution is 2.38. The van der Waals surface area contributed by atoms with E-state index in [4.69, 9.17) is 17.0 Å². The van der Waals surface area contributed by atoms with E-state index >= 15 is 0 Å². The maximum Gasteiger partial charge on any atom is 0.270 e. The van der Waals surface area contributed by atoms with Crippen molar-refractivity contribution in [2.24, 2.45) is 0 Å². The minimum atomic E-state index is -0.0906. The monoisotopic (exact) mass is 377 g/mol. The SMILES string of the molecule is COc1ccc(C=C2SC(=S)N(c3cccc4ccccc34)C2=O)cc1. The highest BCUT2D eigenvalue weighted by molar-refractivity contribution is 8.27. The number of ether oxygens (including phenoxy) is 1. The average Bonchev–Trinajstić information content (AvgIpc) is 2.95. The number of nitrogens with zero attached hydrogens (tertiary/aromatic N) is 1. The van der Waals surface area contributed by atoms with Gasteiger partial charge in [0.15, 0.2) is 4.32 Å². The van der Waals surface area contributed by atoms with Crippen molar-refractivity contribution in [3.8, 4) is 5.75 Å². The van der Waals surface area contributed by atoms with E-state index in [1.165, 1.54) is 11.8 Å². The van der Waals surface area contributed by atoms with E-state index in [9.17, 15) is 4.79 Å². The Kier molecular flexibility index (Phi) is 4.49. The number of carbonyl (C=O) groups is 1. The van der Waals surface area contributed by atoms with Crippen molar-refractivity contribution >= 4 is 56.7 Å². The van der Waals surface area contributed by atoms with Crippen LogP contribution >= 0.6 is 24.0 Å². The summed E-state index contributed by atoms with van der Waals surface area (Å²) in [7, 11) is 1.63. The predicted molar refractivity (Wildman–Crippen MR) is 113 cm³/mol. The van der Waals surface area contributed by atoms with Crippen molar-refractivity contribution in [3.05, 3.63) is 77.2 Å². The molecule has 3 aromatic carbocycles. The third-order valence-electron chi connectivity index (χ3n) is 4.21. The fourth-order valence-corrected chi connectivity index (χ4v) is 4.22. The fraction of sp³-hybridized carbons (Fsp3) is 0.0476. The van der Waals surface area contributed by atoms with E-state index in [0.717, 1.165) is 27.8 Å². The molecule has 1 heterocycles. The Bertz CT molecular complexity index is 1040. The summed E-state index contributed by atoms with van der Waals surface area (Å²) in [6.07, 6.45) is 1.86. The molecule has 0 radical (unpaired) electrons. The zero-order chi connectivity index (χ0) is 18.1. The number of thioether (sulfide) groups is 1. The van der Waals surface area contributed by atoms with Crippen LogP contribution in [-0.4, -0.2) is 17.3 Å². The Morgan fingerprint density at radius 2 is 1.73 bits per heavy atom. The first-order valence-corrected chi connectivity index (χ1v) is 9.29. The average molecular weight is 377 g/mol. The number of hydrogen-bond donors (Lipinski definition) is 0. The van der Waals surface area contributed by atoms with E-state index in [1.54, 1.807) is 12.0 Å². The van der Waals surface area contributed by atoms with Gasteiger partial charge >= 0.3 is 0 Å². The molecule has 4 rings (SSSR count). The fourth-order valence-electron chi connectivity index (χ4n) is 2.93. The number of rotatable bonds is 3. The molecule has 0 spiro atoms. The molecule has 0 bridgehead atoms. The summed E-state index contributed by atoms with van der Waals surface area (Å²) in [6, 6.07) is 21.5. The molecule has 1 saturated heterocycles. The summed E-state index contributed by atoms with van der Waals surface area (Å²) in [6.45, 7) is 0. The minimum absolute atomic E-state index is 0.0906. The maximum atomic E-state index is 13.0. The normalized spacial score (nSPS) is 15.9. The first-order valence-electron chi connectivity index (χ1n) is 8.07. The molecule has 0 N–H and O–H groups in total. The summed E-state index contributed by atoms with van der Waals surface area (Å²) >= 11 is 6.83. The van der Waals surface area contributed by atoms with Gasteiger partial charge in [-0.3, -0.25) is 9.69 Å². The molecule has 1 fully saturated rings. The lowest BCUT2D eigenvalue weighted by Crippen LogP contribution is -2.27. The predicted octanol–water partition coefficient (Wildman–Crippen LogP) is 5.25. The minimum Gasteiger partial charge on any atom is -0.497 e. The Morgan fingerprint density at radius 1 is 1.00 bits per heavy atom. The molecule has 1 aliphatic rings. The van der Waals surface area contributed by atoms with Gasteiger partial charge in [0.2, 0.25) is 0 Å². The molecule has 128 valence electrons. The maximum absolute atomic E-state index is 13.0. The standard InChI is InChI=1S/C21H15NO2S2/c1-24-16-11-9-14(10-12-16)13-19-20(23)22(21(25)26-19)18-8-4-6-15-5-2-3-7-17(15)18/h2-13H,1H3. The number of anilines is 1. The molecule has 0 aliphatic carbocycles. The van der Waals surface area contributed by atoms with E-state index in [0.29, 0.717) is 9.23 Å². The second-order valence-electron chi connectivity index (χ2n) is 5.79. The van der Waals surface area contributed by atoms with Crippen molar-refractivity contribution < 1.29 is 9.53 Å². The van der Waals surface area contributed by atoms with Gasteiger partial charge in [-0.1, -0.05) is 72.5 Å². The van der Waals surface area contributed by atoms with Gasteiger partial charge in [0.05, 0.1) is 17.7 Å².